The Kier molecular flexibility index (Phi) is 6.69. The maximum absolute atomic E-state index is 6.44. The van der Waals surface area contributed by atoms with E-state index < -0.39 is 0 Å². The van der Waals surface area contributed by atoms with Crippen LogP contribution < -0.4 is 4.90 Å². The molecule has 0 radical (unpaired) electrons. The van der Waals surface area contributed by atoms with Crippen LogP contribution in [0.2, 0.25) is 5.02 Å². The van der Waals surface area contributed by atoms with Crippen LogP contribution in [-0.2, 0) is 6.54 Å². The van der Waals surface area contributed by atoms with Gasteiger partial charge in [0.05, 0.1) is 17.0 Å². The Balaban J connectivity index is 2.23. The van der Waals surface area contributed by atoms with Crippen molar-refractivity contribution < 1.29 is 0 Å². The molecule has 0 fully saturated rings. The van der Waals surface area contributed by atoms with E-state index in [0.29, 0.717) is 5.02 Å². The molecule has 0 heterocycles. The molecule has 0 aliphatic rings. The Labute approximate surface area is 158 Å². The molecule has 0 atom stereocenters. The highest BCUT2D eigenvalue weighted by atomic mass is 79.9. The SMILES string of the molecule is CCN(C)C=Nc1cc(C)c(N(C)Cc2ccccc2Br)cc1Cl. The van der Waals surface area contributed by atoms with Gasteiger partial charge in [-0.25, -0.2) is 4.99 Å². The number of benzene rings is 2. The average Bonchev–Trinajstić information content (AvgIpc) is 2.56. The number of aliphatic imine (C=N–C) groups is 1. The van der Waals surface area contributed by atoms with Crippen molar-refractivity contribution in [2.45, 2.75) is 20.4 Å². The molecular formula is C19H23BrClN3. The molecular weight excluding hydrogens is 386 g/mol. The zero-order valence-electron chi connectivity index (χ0n) is 14.6. The fraction of sp³-hybridized carbons (Fsp3) is 0.316. The summed E-state index contributed by atoms with van der Waals surface area (Å²) in [5.74, 6) is 0. The number of anilines is 1. The van der Waals surface area contributed by atoms with Gasteiger partial charge in [-0.1, -0.05) is 45.7 Å². The van der Waals surface area contributed by atoms with Gasteiger partial charge in [0.15, 0.2) is 0 Å². The van der Waals surface area contributed by atoms with E-state index in [1.807, 2.05) is 36.5 Å². The van der Waals surface area contributed by atoms with Crippen LogP contribution in [-0.4, -0.2) is 31.9 Å². The van der Waals surface area contributed by atoms with Gasteiger partial charge in [-0.15, -0.1) is 0 Å². The first-order valence-electron chi connectivity index (χ1n) is 7.91. The second kappa shape index (κ2) is 8.54. The maximum Gasteiger partial charge on any atom is 0.0910 e. The minimum Gasteiger partial charge on any atom is -0.370 e. The normalized spacial score (nSPS) is 11.1. The number of hydrogen-bond acceptors (Lipinski definition) is 2. The molecule has 0 spiro atoms. The molecule has 3 nitrogen and oxygen atoms in total. The minimum atomic E-state index is 0.662. The van der Waals surface area contributed by atoms with Crippen LogP contribution in [0.5, 0.6) is 0 Å². The number of rotatable bonds is 6. The third-order valence-electron chi connectivity index (χ3n) is 3.93. The standard InChI is InChI=1S/C19H23BrClN3/c1-5-23(3)13-22-18-10-14(2)19(11-17(18)21)24(4)12-15-8-6-7-9-16(15)20/h6-11,13H,5,12H2,1-4H3. The van der Waals surface area contributed by atoms with E-state index in [0.717, 1.165) is 34.5 Å². The van der Waals surface area contributed by atoms with E-state index in [4.69, 9.17) is 11.6 Å². The smallest absolute Gasteiger partial charge is 0.0910 e. The molecule has 24 heavy (non-hydrogen) atoms. The van der Waals surface area contributed by atoms with Gasteiger partial charge in [0.25, 0.3) is 0 Å². The summed E-state index contributed by atoms with van der Waals surface area (Å²) in [6, 6.07) is 12.3. The Hall–Kier alpha value is -1.52. The molecule has 0 saturated heterocycles. The first-order valence-corrected chi connectivity index (χ1v) is 9.08. The highest BCUT2D eigenvalue weighted by molar-refractivity contribution is 9.10. The van der Waals surface area contributed by atoms with Crippen molar-refractivity contribution in [3.05, 3.63) is 57.0 Å². The summed E-state index contributed by atoms with van der Waals surface area (Å²) >= 11 is 10.0. The summed E-state index contributed by atoms with van der Waals surface area (Å²) in [5.41, 5.74) is 4.30. The molecule has 128 valence electrons. The Morgan fingerprint density at radius 1 is 1.21 bits per heavy atom. The van der Waals surface area contributed by atoms with Crippen molar-refractivity contribution in [3.63, 3.8) is 0 Å². The molecule has 0 amide bonds. The highest BCUT2D eigenvalue weighted by Gasteiger charge is 2.11. The molecule has 2 rings (SSSR count). The summed E-state index contributed by atoms with van der Waals surface area (Å²) in [5, 5.41) is 0.662. The lowest BCUT2D eigenvalue weighted by molar-refractivity contribution is 0.552. The first-order chi connectivity index (χ1) is 11.4. The van der Waals surface area contributed by atoms with Crippen molar-refractivity contribution in [2.24, 2.45) is 4.99 Å². The summed E-state index contributed by atoms with van der Waals surface area (Å²) in [7, 11) is 4.07. The molecule has 0 aliphatic heterocycles. The van der Waals surface area contributed by atoms with Crippen LogP contribution in [0.3, 0.4) is 0 Å². The number of hydrogen-bond donors (Lipinski definition) is 0. The van der Waals surface area contributed by atoms with Crippen molar-refractivity contribution in [2.75, 3.05) is 25.5 Å². The Bertz CT molecular complexity index is 731. The molecule has 0 aromatic heterocycles. The zero-order chi connectivity index (χ0) is 17.7. The Morgan fingerprint density at radius 2 is 1.92 bits per heavy atom. The lowest BCUT2D eigenvalue weighted by atomic mass is 10.1. The fourth-order valence-electron chi connectivity index (χ4n) is 2.38. The number of halogens is 2. The van der Waals surface area contributed by atoms with Crippen molar-refractivity contribution in [1.82, 2.24) is 4.90 Å². The lowest BCUT2D eigenvalue weighted by Gasteiger charge is -2.23. The van der Waals surface area contributed by atoms with Gasteiger partial charge in [0.2, 0.25) is 0 Å². The number of nitrogens with zero attached hydrogens (tertiary/aromatic N) is 3. The van der Waals surface area contributed by atoms with Crippen molar-refractivity contribution in [1.29, 1.82) is 0 Å². The largest absolute Gasteiger partial charge is 0.370 e. The van der Waals surface area contributed by atoms with Crippen LogP contribution in [0.25, 0.3) is 0 Å². The summed E-state index contributed by atoms with van der Waals surface area (Å²) in [6.07, 6.45) is 1.81. The Morgan fingerprint density at radius 3 is 2.58 bits per heavy atom. The topological polar surface area (TPSA) is 18.8 Å². The zero-order valence-corrected chi connectivity index (χ0v) is 16.9. The van der Waals surface area contributed by atoms with E-state index >= 15 is 0 Å². The van der Waals surface area contributed by atoms with Gasteiger partial charge in [0.1, 0.15) is 0 Å². The summed E-state index contributed by atoms with van der Waals surface area (Å²) < 4.78 is 1.12. The maximum atomic E-state index is 6.44. The molecule has 0 aliphatic carbocycles. The molecule has 2 aromatic rings. The molecule has 0 unspecified atom stereocenters. The van der Waals surface area contributed by atoms with Crippen molar-refractivity contribution >= 4 is 45.2 Å². The first kappa shape index (κ1) is 18.8. The average molecular weight is 409 g/mol. The molecule has 2 aromatic carbocycles. The van der Waals surface area contributed by atoms with Crippen LogP contribution in [0.15, 0.2) is 45.9 Å². The molecule has 0 saturated carbocycles. The second-order valence-electron chi connectivity index (χ2n) is 5.86. The molecule has 0 N–H and O–H groups in total. The third-order valence-corrected chi connectivity index (χ3v) is 5.01. The van der Waals surface area contributed by atoms with Gasteiger partial charge in [-0.2, -0.15) is 0 Å². The predicted molar refractivity (Wildman–Crippen MR) is 109 cm³/mol. The second-order valence-corrected chi connectivity index (χ2v) is 7.12. The van der Waals surface area contributed by atoms with Gasteiger partial charge < -0.3 is 9.80 Å². The van der Waals surface area contributed by atoms with Gasteiger partial charge >= 0.3 is 0 Å². The van der Waals surface area contributed by atoms with E-state index in [1.54, 1.807) is 0 Å². The fourth-order valence-corrected chi connectivity index (χ4v) is 2.99. The van der Waals surface area contributed by atoms with Crippen LogP contribution in [0.4, 0.5) is 11.4 Å². The van der Waals surface area contributed by atoms with Gasteiger partial charge in [0, 0.05) is 37.3 Å². The quantitative estimate of drug-likeness (QED) is 0.454. The van der Waals surface area contributed by atoms with Gasteiger partial charge in [-0.3, -0.25) is 0 Å². The van der Waals surface area contributed by atoms with Crippen LogP contribution in [0.1, 0.15) is 18.1 Å². The van der Waals surface area contributed by atoms with E-state index in [1.165, 1.54) is 5.56 Å². The predicted octanol–water partition coefficient (Wildman–Crippen LogP) is 5.66. The van der Waals surface area contributed by atoms with Crippen LogP contribution >= 0.6 is 27.5 Å². The van der Waals surface area contributed by atoms with E-state index in [-0.39, 0.29) is 0 Å². The van der Waals surface area contributed by atoms with Gasteiger partial charge in [-0.05, 0) is 43.2 Å². The molecule has 5 heteroatoms. The lowest BCUT2D eigenvalue weighted by Crippen LogP contribution is -2.17. The van der Waals surface area contributed by atoms with E-state index in [9.17, 15) is 0 Å². The van der Waals surface area contributed by atoms with E-state index in [2.05, 4.69) is 64.9 Å². The highest BCUT2D eigenvalue weighted by Crippen LogP contribution is 2.33. The van der Waals surface area contributed by atoms with Crippen molar-refractivity contribution in [3.8, 4) is 0 Å². The number of aryl methyl sites for hydroxylation is 1. The monoisotopic (exact) mass is 407 g/mol. The third kappa shape index (κ3) is 4.74. The summed E-state index contributed by atoms with van der Waals surface area (Å²) in [4.78, 5) is 8.69. The molecule has 0 bridgehead atoms. The van der Waals surface area contributed by atoms with Crippen LogP contribution in [0, 0.1) is 6.92 Å². The minimum absolute atomic E-state index is 0.662. The summed E-state index contributed by atoms with van der Waals surface area (Å²) in [6.45, 7) is 5.88.